The molecule has 0 radical (unpaired) electrons. The van der Waals surface area contributed by atoms with Crippen LogP contribution in [0, 0.1) is 18.8 Å². The van der Waals surface area contributed by atoms with Crippen LogP contribution in [0.2, 0.25) is 0 Å². The number of methoxy groups -OCH3 is 1. The van der Waals surface area contributed by atoms with Crippen molar-refractivity contribution in [2.24, 2.45) is 11.8 Å². The number of piperidine rings is 1. The third-order valence-corrected chi connectivity index (χ3v) is 4.96. The highest BCUT2D eigenvalue weighted by Crippen LogP contribution is 2.33. The van der Waals surface area contributed by atoms with E-state index in [1.807, 2.05) is 13.0 Å². The third-order valence-electron chi connectivity index (χ3n) is 4.96. The summed E-state index contributed by atoms with van der Waals surface area (Å²) in [5.41, 5.74) is 0.948. The number of nitrogens with one attached hydrogen (secondary N) is 1. The zero-order chi connectivity index (χ0) is 16.9. The van der Waals surface area contributed by atoms with E-state index in [2.05, 4.69) is 15.4 Å². The number of nitrogens with zero attached hydrogens (tertiary/aromatic N) is 2. The standard InChI is InChI=1S/C17H27N3O4/c1-12-9-13(19-24-12)10-20-6-3-16-15(11-20)14(4-7-23-16)17(21)18-5-8-22-2/h9,14-16H,3-8,10-11H2,1-2H3,(H,18,21)/t14-,15-,16-/m1/s1. The smallest absolute Gasteiger partial charge is 0.223 e. The van der Waals surface area contributed by atoms with E-state index in [1.54, 1.807) is 7.11 Å². The zero-order valence-corrected chi connectivity index (χ0v) is 14.5. The largest absolute Gasteiger partial charge is 0.383 e. The Morgan fingerprint density at radius 2 is 2.38 bits per heavy atom. The summed E-state index contributed by atoms with van der Waals surface area (Å²) in [5.74, 6) is 1.21. The van der Waals surface area contributed by atoms with E-state index in [0.29, 0.717) is 19.8 Å². The lowest BCUT2D eigenvalue weighted by atomic mass is 9.79. The molecule has 3 rings (SSSR count). The van der Waals surface area contributed by atoms with Crippen molar-refractivity contribution in [2.75, 3.05) is 40.0 Å². The molecule has 3 heterocycles. The van der Waals surface area contributed by atoms with Gasteiger partial charge in [-0.05, 0) is 19.8 Å². The van der Waals surface area contributed by atoms with E-state index in [0.717, 1.165) is 43.9 Å². The van der Waals surface area contributed by atoms with Crippen LogP contribution in [-0.2, 0) is 20.8 Å². The van der Waals surface area contributed by atoms with Gasteiger partial charge < -0.3 is 19.3 Å². The predicted octanol–water partition coefficient (Wildman–Crippen LogP) is 0.973. The van der Waals surface area contributed by atoms with Gasteiger partial charge in [0, 0.05) is 57.8 Å². The van der Waals surface area contributed by atoms with Crippen molar-refractivity contribution in [3.8, 4) is 0 Å². The van der Waals surface area contributed by atoms with Crippen molar-refractivity contribution in [1.82, 2.24) is 15.4 Å². The molecule has 2 saturated heterocycles. The van der Waals surface area contributed by atoms with Crippen LogP contribution < -0.4 is 5.32 Å². The molecule has 1 amide bonds. The molecule has 134 valence electrons. The molecule has 1 aromatic rings. The summed E-state index contributed by atoms with van der Waals surface area (Å²) in [6, 6.07) is 1.97. The first kappa shape index (κ1) is 17.4. The molecule has 3 atom stereocenters. The minimum atomic E-state index is 0.0162. The molecular formula is C17H27N3O4. The third kappa shape index (κ3) is 4.15. The number of likely N-dealkylation sites (tertiary alicyclic amines) is 1. The first-order chi connectivity index (χ1) is 11.7. The lowest BCUT2D eigenvalue weighted by molar-refractivity contribution is -0.142. The fraction of sp³-hybridized carbons (Fsp3) is 0.765. The zero-order valence-electron chi connectivity index (χ0n) is 14.5. The fourth-order valence-electron chi connectivity index (χ4n) is 3.78. The topological polar surface area (TPSA) is 76.8 Å². The minimum Gasteiger partial charge on any atom is -0.383 e. The summed E-state index contributed by atoms with van der Waals surface area (Å²) in [6.45, 7) is 6.26. The Morgan fingerprint density at radius 1 is 1.50 bits per heavy atom. The van der Waals surface area contributed by atoms with Crippen LogP contribution in [0.25, 0.3) is 0 Å². The number of carbonyl (C=O) groups is 1. The average Bonchev–Trinajstić information content (AvgIpc) is 2.99. The monoisotopic (exact) mass is 337 g/mol. The van der Waals surface area contributed by atoms with Crippen LogP contribution in [0.15, 0.2) is 10.6 Å². The lowest BCUT2D eigenvalue weighted by Gasteiger charge is -2.44. The van der Waals surface area contributed by atoms with Gasteiger partial charge in [0.05, 0.1) is 18.4 Å². The summed E-state index contributed by atoms with van der Waals surface area (Å²) in [6.07, 6.45) is 1.94. The fourth-order valence-corrected chi connectivity index (χ4v) is 3.78. The molecule has 1 N–H and O–H groups in total. The van der Waals surface area contributed by atoms with Gasteiger partial charge in [-0.3, -0.25) is 9.69 Å². The van der Waals surface area contributed by atoms with E-state index in [1.165, 1.54) is 0 Å². The molecule has 0 unspecified atom stereocenters. The number of amides is 1. The second kappa shape index (κ2) is 8.09. The quantitative estimate of drug-likeness (QED) is 0.780. The number of carbonyl (C=O) groups excluding carboxylic acids is 1. The highest BCUT2D eigenvalue weighted by molar-refractivity contribution is 5.79. The van der Waals surface area contributed by atoms with E-state index in [9.17, 15) is 4.79 Å². The first-order valence-electron chi connectivity index (χ1n) is 8.70. The molecule has 0 aromatic carbocycles. The van der Waals surface area contributed by atoms with Crippen LogP contribution in [-0.4, -0.2) is 62.0 Å². The van der Waals surface area contributed by atoms with Crippen molar-refractivity contribution in [1.29, 1.82) is 0 Å². The van der Waals surface area contributed by atoms with Crippen LogP contribution in [0.5, 0.6) is 0 Å². The van der Waals surface area contributed by atoms with Crippen molar-refractivity contribution in [3.05, 3.63) is 17.5 Å². The molecule has 7 heteroatoms. The van der Waals surface area contributed by atoms with E-state index < -0.39 is 0 Å². The van der Waals surface area contributed by atoms with Gasteiger partial charge in [0.1, 0.15) is 5.76 Å². The van der Waals surface area contributed by atoms with E-state index in [-0.39, 0.29) is 23.8 Å². The average molecular weight is 337 g/mol. The number of aryl methyl sites for hydroxylation is 1. The first-order valence-corrected chi connectivity index (χ1v) is 8.70. The minimum absolute atomic E-state index is 0.0162. The summed E-state index contributed by atoms with van der Waals surface area (Å²) < 4.78 is 16.1. The van der Waals surface area contributed by atoms with Crippen molar-refractivity contribution < 1.29 is 18.8 Å². The van der Waals surface area contributed by atoms with Gasteiger partial charge in [0.25, 0.3) is 0 Å². The second-order valence-corrected chi connectivity index (χ2v) is 6.70. The molecule has 0 spiro atoms. The maximum Gasteiger partial charge on any atom is 0.223 e. The second-order valence-electron chi connectivity index (χ2n) is 6.70. The summed E-state index contributed by atoms with van der Waals surface area (Å²) in [4.78, 5) is 14.9. The molecular weight excluding hydrogens is 310 g/mol. The maximum absolute atomic E-state index is 12.5. The summed E-state index contributed by atoms with van der Waals surface area (Å²) >= 11 is 0. The lowest BCUT2D eigenvalue weighted by Crippen LogP contribution is -2.53. The predicted molar refractivity (Wildman–Crippen MR) is 87.4 cm³/mol. The number of aromatic nitrogens is 1. The number of fused-ring (bicyclic) bond motifs is 1. The number of ether oxygens (including phenoxy) is 2. The van der Waals surface area contributed by atoms with Crippen LogP contribution in [0.1, 0.15) is 24.3 Å². The molecule has 0 saturated carbocycles. The van der Waals surface area contributed by atoms with Crippen LogP contribution >= 0.6 is 0 Å². The molecule has 0 aliphatic carbocycles. The van der Waals surface area contributed by atoms with Gasteiger partial charge in [-0.15, -0.1) is 0 Å². The van der Waals surface area contributed by atoms with E-state index in [4.69, 9.17) is 14.0 Å². The Morgan fingerprint density at radius 3 is 3.12 bits per heavy atom. The van der Waals surface area contributed by atoms with Crippen molar-refractivity contribution >= 4 is 5.91 Å². The van der Waals surface area contributed by atoms with Gasteiger partial charge in [0.2, 0.25) is 5.91 Å². The Bertz CT molecular complexity index is 548. The van der Waals surface area contributed by atoms with Crippen molar-refractivity contribution in [3.63, 3.8) is 0 Å². The number of hydrogen-bond donors (Lipinski definition) is 1. The summed E-state index contributed by atoms with van der Waals surface area (Å²) in [5, 5.41) is 7.07. The highest BCUT2D eigenvalue weighted by atomic mass is 16.5. The molecule has 2 aliphatic heterocycles. The Hall–Kier alpha value is -1.44. The Balaban J connectivity index is 1.59. The van der Waals surface area contributed by atoms with Gasteiger partial charge in [0.15, 0.2) is 0 Å². The molecule has 1 aromatic heterocycles. The Labute approximate surface area is 142 Å². The van der Waals surface area contributed by atoms with Crippen LogP contribution in [0.3, 0.4) is 0 Å². The highest BCUT2D eigenvalue weighted by Gasteiger charge is 2.41. The van der Waals surface area contributed by atoms with Gasteiger partial charge in [-0.2, -0.15) is 0 Å². The molecule has 2 aliphatic rings. The van der Waals surface area contributed by atoms with Gasteiger partial charge in [-0.1, -0.05) is 5.16 Å². The normalized spacial score (nSPS) is 27.7. The van der Waals surface area contributed by atoms with Gasteiger partial charge in [-0.25, -0.2) is 0 Å². The Kier molecular flexibility index (Phi) is 5.86. The molecule has 7 nitrogen and oxygen atoms in total. The molecule has 2 fully saturated rings. The maximum atomic E-state index is 12.5. The van der Waals surface area contributed by atoms with Crippen molar-refractivity contribution in [2.45, 2.75) is 32.4 Å². The summed E-state index contributed by atoms with van der Waals surface area (Å²) in [7, 11) is 1.64. The SMILES string of the molecule is COCCNC(=O)[C@@H]1CCO[C@@H]2CCN(Cc3cc(C)on3)C[C@@H]21. The molecule has 24 heavy (non-hydrogen) atoms. The number of rotatable bonds is 6. The van der Waals surface area contributed by atoms with E-state index >= 15 is 0 Å². The number of hydrogen-bond acceptors (Lipinski definition) is 6. The van der Waals surface area contributed by atoms with Gasteiger partial charge >= 0.3 is 0 Å². The van der Waals surface area contributed by atoms with Crippen LogP contribution in [0.4, 0.5) is 0 Å². The molecule has 0 bridgehead atoms.